The number of fused-ring (bicyclic) bond motifs is 3. The Morgan fingerprint density at radius 2 is 1.88 bits per heavy atom. The van der Waals surface area contributed by atoms with E-state index < -0.39 is 0 Å². The van der Waals surface area contributed by atoms with E-state index in [9.17, 15) is 0 Å². The molecule has 90 valence electrons. The molecule has 2 aliphatic heterocycles. The highest BCUT2D eigenvalue weighted by Crippen LogP contribution is 2.36. The van der Waals surface area contributed by atoms with Crippen LogP contribution in [0.1, 0.15) is 24.8 Å². The van der Waals surface area contributed by atoms with Gasteiger partial charge in [-0.05, 0) is 37.3 Å². The van der Waals surface area contributed by atoms with Crippen LogP contribution in [0.3, 0.4) is 0 Å². The Balaban J connectivity index is 1.61. The lowest BCUT2D eigenvalue weighted by Gasteiger charge is -2.27. The van der Waals surface area contributed by atoms with E-state index in [-0.39, 0.29) is 0 Å². The monoisotopic (exact) mass is 228 g/mol. The molecular weight excluding hydrogens is 208 g/mol. The second-order valence-corrected chi connectivity index (χ2v) is 5.76. The van der Waals surface area contributed by atoms with Crippen molar-refractivity contribution in [2.75, 3.05) is 24.5 Å². The van der Waals surface area contributed by atoms with Crippen molar-refractivity contribution in [3.63, 3.8) is 0 Å². The highest BCUT2D eigenvalue weighted by atomic mass is 15.3. The summed E-state index contributed by atoms with van der Waals surface area (Å²) in [6, 6.07) is 10.7. The van der Waals surface area contributed by atoms with Crippen molar-refractivity contribution < 1.29 is 0 Å². The third kappa shape index (κ3) is 1.66. The van der Waals surface area contributed by atoms with E-state index in [2.05, 4.69) is 34.1 Å². The van der Waals surface area contributed by atoms with Crippen LogP contribution in [0.15, 0.2) is 24.3 Å². The molecule has 2 nitrogen and oxygen atoms in total. The van der Waals surface area contributed by atoms with Gasteiger partial charge < -0.3 is 4.90 Å². The first kappa shape index (κ1) is 9.95. The Morgan fingerprint density at radius 3 is 2.76 bits per heavy atom. The van der Waals surface area contributed by atoms with Crippen molar-refractivity contribution >= 4 is 5.69 Å². The third-order valence-corrected chi connectivity index (χ3v) is 4.55. The Kier molecular flexibility index (Phi) is 2.19. The van der Waals surface area contributed by atoms with Gasteiger partial charge >= 0.3 is 0 Å². The van der Waals surface area contributed by atoms with Crippen molar-refractivity contribution in [2.24, 2.45) is 0 Å². The van der Waals surface area contributed by atoms with Gasteiger partial charge in [0.1, 0.15) is 0 Å². The zero-order chi connectivity index (χ0) is 11.2. The summed E-state index contributed by atoms with van der Waals surface area (Å²) in [5, 5.41) is 0. The molecule has 3 aliphatic rings. The van der Waals surface area contributed by atoms with Gasteiger partial charge in [-0.3, -0.25) is 4.90 Å². The topological polar surface area (TPSA) is 6.48 Å². The number of para-hydroxylation sites is 1. The highest BCUT2D eigenvalue weighted by Gasteiger charge is 2.36. The molecule has 2 heteroatoms. The molecule has 1 atom stereocenters. The molecule has 2 heterocycles. The Bertz CT molecular complexity index is 425. The molecular formula is C15H20N2. The highest BCUT2D eigenvalue weighted by molar-refractivity contribution is 5.59. The van der Waals surface area contributed by atoms with Gasteiger partial charge in [0.15, 0.2) is 0 Å². The average molecular weight is 228 g/mol. The fourth-order valence-electron chi connectivity index (χ4n) is 3.57. The Labute approximate surface area is 103 Å². The maximum Gasteiger partial charge on any atom is 0.0458 e. The van der Waals surface area contributed by atoms with Crippen molar-refractivity contribution in [2.45, 2.75) is 37.8 Å². The van der Waals surface area contributed by atoms with Gasteiger partial charge in [0, 0.05) is 37.4 Å². The zero-order valence-electron chi connectivity index (χ0n) is 10.3. The summed E-state index contributed by atoms with van der Waals surface area (Å²) in [5.41, 5.74) is 3.07. The van der Waals surface area contributed by atoms with Crippen LogP contribution < -0.4 is 4.90 Å². The third-order valence-electron chi connectivity index (χ3n) is 4.55. The van der Waals surface area contributed by atoms with Crippen LogP contribution in [0.2, 0.25) is 0 Å². The molecule has 1 aliphatic carbocycles. The molecule has 1 saturated heterocycles. The first-order chi connectivity index (χ1) is 8.42. The maximum atomic E-state index is 2.75. The van der Waals surface area contributed by atoms with E-state index in [4.69, 9.17) is 0 Å². The summed E-state index contributed by atoms with van der Waals surface area (Å²) in [6.45, 7) is 3.87. The lowest BCUT2D eigenvalue weighted by atomic mass is 10.1. The molecule has 0 amide bonds. The van der Waals surface area contributed by atoms with Crippen LogP contribution >= 0.6 is 0 Å². The first-order valence-corrected chi connectivity index (χ1v) is 7.00. The summed E-state index contributed by atoms with van der Waals surface area (Å²) >= 11 is 0. The van der Waals surface area contributed by atoms with Gasteiger partial charge in [0.05, 0.1) is 0 Å². The van der Waals surface area contributed by atoms with Crippen molar-refractivity contribution in [3.05, 3.63) is 29.8 Å². The number of nitrogens with zero attached hydrogens (tertiary/aromatic N) is 2. The van der Waals surface area contributed by atoms with E-state index in [1.165, 1.54) is 51.0 Å². The predicted octanol–water partition coefficient (Wildman–Crippen LogP) is 2.29. The van der Waals surface area contributed by atoms with Crippen LogP contribution in [0.4, 0.5) is 5.69 Å². The molecule has 0 N–H and O–H groups in total. The van der Waals surface area contributed by atoms with Crippen molar-refractivity contribution in [1.29, 1.82) is 0 Å². The van der Waals surface area contributed by atoms with Crippen molar-refractivity contribution in [1.82, 2.24) is 4.90 Å². The number of benzene rings is 1. The fourth-order valence-corrected chi connectivity index (χ4v) is 3.57. The second-order valence-electron chi connectivity index (χ2n) is 5.76. The average Bonchev–Trinajstić information content (AvgIpc) is 3.14. The molecule has 1 aromatic carbocycles. The predicted molar refractivity (Wildman–Crippen MR) is 70.5 cm³/mol. The fraction of sp³-hybridized carbons (Fsp3) is 0.600. The Morgan fingerprint density at radius 1 is 1.00 bits per heavy atom. The van der Waals surface area contributed by atoms with Crippen LogP contribution in [0, 0.1) is 0 Å². The van der Waals surface area contributed by atoms with Crippen LogP contribution in [-0.4, -0.2) is 36.6 Å². The van der Waals surface area contributed by atoms with E-state index >= 15 is 0 Å². The second kappa shape index (κ2) is 3.74. The van der Waals surface area contributed by atoms with Crippen molar-refractivity contribution in [3.8, 4) is 0 Å². The standard InChI is InChI=1S/C15H20N2/c1-2-5-15-12(4-1)10-14-11-16(13-6-7-13)8-3-9-17(14)15/h1-2,4-5,13-14H,3,6-11H2. The summed E-state index contributed by atoms with van der Waals surface area (Å²) in [6.07, 6.45) is 5.49. The van der Waals surface area contributed by atoms with E-state index in [1.54, 1.807) is 5.56 Å². The van der Waals surface area contributed by atoms with Crippen LogP contribution in [-0.2, 0) is 6.42 Å². The Hall–Kier alpha value is -1.02. The van der Waals surface area contributed by atoms with Crippen LogP contribution in [0.25, 0.3) is 0 Å². The number of hydrogen-bond donors (Lipinski definition) is 0. The number of anilines is 1. The van der Waals surface area contributed by atoms with E-state index in [0.717, 1.165) is 12.1 Å². The molecule has 0 radical (unpaired) electrons. The first-order valence-electron chi connectivity index (χ1n) is 7.00. The summed E-state index contributed by atoms with van der Waals surface area (Å²) < 4.78 is 0. The largest absolute Gasteiger partial charge is 0.367 e. The molecule has 17 heavy (non-hydrogen) atoms. The lowest BCUT2D eigenvalue weighted by molar-refractivity contribution is 0.263. The number of rotatable bonds is 1. The molecule has 0 aromatic heterocycles. The lowest BCUT2D eigenvalue weighted by Crippen LogP contribution is -2.39. The molecule has 4 rings (SSSR count). The quantitative estimate of drug-likeness (QED) is 0.727. The summed E-state index contributed by atoms with van der Waals surface area (Å²) in [5.74, 6) is 0. The minimum Gasteiger partial charge on any atom is -0.367 e. The normalized spacial score (nSPS) is 28.7. The maximum absolute atomic E-state index is 2.75. The smallest absolute Gasteiger partial charge is 0.0458 e. The minimum atomic E-state index is 0.746. The van der Waals surface area contributed by atoms with Gasteiger partial charge in [-0.1, -0.05) is 18.2 Å². The summed E-state index contributed by atoms with van der Waals surface area (Å²) in [7, 11) is 0. The molecule has 1 unspecified atom stereocenters. The van der Waals surface area contributed by atoms with Gasteiger partial charge in [-0.15, -0.1) is 0 Å². The van der Waals surface area contributed by atoms with E-state index in [0.29, 0.717) is 0 Å². The van der Waals surface area contributed by atoms with E-state index in [1.807, 2.05) is 0 Å². The molecule has 1 aromatic rings. The minimum absolute atomic E-state index is 0.746. The van der Waals surface area contributed by atoms with Crippen LogP contribution in [0.5, 0.6) is 0 Å². The zero-order valence-corrected chi connectivity index (χ0v) is 10.3. The summed E-state index contributed by atoms with van der Waals surface area (Å²) in [4.78, 5) is 5.41. The molecule has 0 bridgehead atoms. The molecule has 0 spiro atoms. The van der Waals surface area contributed by atoms with Gasteiger partial charge in [0.2, 0.25) is 0 Å². The SMILES string of the molecule is c1ccc2c(c1)CC1CN(C3CC3)CCCN21. The molecule has 1 saturated carbocycles. The molecule has 2 fully saturated rings. The van der Waals surface area contributed by atoms with Gasteiger partial charge in [-0.2, -0.15) is 0 Å². The number of hydrogen-bond acceptors (Lipinski definition) is 2. The van der Waals surface area contributed by atoms with Gasteiger partial charge in [-0.25, -0.2) is 0 Å². The van der Waals surface area contributed by atoms with Gasteiger partial charge in [0.25, 0.3) is 0 Å².